The van der Waals surface area contributed by atoms with Crippen molar-refractivity contribution in [1.29, 1.82) is 0 Å². The molecule has 0 atom stereocenters. The van der Waals surface area contributed by atoms with Gasteiger partial charge in [0.05, 0.1) is 44.2 Å². The van der Waals surface area contributed by atoms with E-state index in [9.17, 15) is 4.79 Å². The molecule has 1 amide bonds. The number of methoxy groups -OCH3 is 4. The zero-order valence-electron chi connectivity index (χ0n) is 16.4. The Morgan fingerprint density at radius 2 is 1.64 bits per heavy atom. The minimum absolute atomic E-state index is 0.374. The molecule has 0 aliphatic rings. The van der Waals surface area contributed by atoms with Gasteiger partial charge >= 0.3 is 0 Å². The van der Waals surface area contributed by atoms with Crippen LogP contribution < -0.4 is 23.7 Å². The van der Waals surface area contributed by atoms with Gasteiger partial charge in [0.1, 0.15) is 11.5 Å². The SMILES string of the molecule is CCn1c(=NC(=O)c2ccc(OC)cc2OC)sc2cc(OC)c(OC)cc21. The predicted molar refractivity (Wildman–Crippen MR) is 108 cm³/mol. The summed E-state index contributed by atoms with van der Waals surface area (Å²) in [5.74, 6) is 1.91. The van der Waals surface area contributed by atoms with Crippen LogP contribution in [0.15, 0.2) is 35.3 Å². The molecule has 1 heterocycles. The highest BCUT2D eigenvalue weighted by molar-refractivity contribution is 7.16. The number of nitrogens with zero attached hydrogens (tertiary/aromatic N) is 2. The molecule has 0 spiro atoms. The van der Waals surface area contributed by atoms with E-state index in [4.69, 9.17) is 18.9 Å². The van der Waals surface area contributed by atoms with E-state index in [0.29, 0.717) is 39.9 Å². The van der Waals surface area contributed by atoms with Crippen LogP contribution in [-0.4, -0.2) is 38.9 Å². The van der Waals surface area contributed by atoms with Gasteiger partial charge in [0, 0.05) is 24.7 Å². The van der Waals surface area contributed by atoms with Gasteiger partial charge < -0.3 is 23.5 Å². The van der Waals surface area contributed by atoms with E-state index in [-0.39, 0.29) is 5.91 Å². The average Bonchev–Trinajstić information content (AvgIpc) is 3.07. The highest BCUT2D eigenvalue weighted by atomic mass is 32.1. The van der Waals surface area contributed by atoms with Crippen molar-refractivity contribution in [2.45, 2.75) is 13.5 Å². The molecule has 3 aromatic rings. The molecule has 0 bridgehead atoms. The number of hydrogen-bond acceptors (Lipinski definition) is 6. The first-order valence-electron chi connectivity index (χ1n) is 8.62. The van der Waals surface area contributed by atoms with Gasteiger partial charge in [0.15, 0.2) is 16.3 Å². The second-order valence-electron chi connectivity index (χ2n) is 5.79. The molecule has 0 aliphatic heterocycles. The van der Waals surface area contributed by atoms with E-state index in [1.807, 2.05) is 23.6 Å². The van der Waals surface area contributed by atoms with Gasteiger partial charge in [-0.15, -0.1) is 0 Å². The fourth-order valence-corrected chi connectivity index (χ4v) is 4.01. The third kappa shape index (κ3) is 3.55. The summed E-state index contributed by atoms with van der Waals surface area (Å²) in [4.78, 5) is 17.8. The van der Waals surface area contributed by atoms with Crippen LogP contribution in [0.1, 0.15) is 17.3 Å². The quantitative estimate of drug-likeness (QED) is 0.631. The average molecular weight is 402 g/mol. The molecule has 8 heteroatoms. The Kier molecular flexibility index (Phi) is 5.89. The second kappa shape index (κ2) is 8.35. The smallest absolute Gasteiger partial charge is 0.283 e. The Labute approximate surface area is 166 Å². The minimum atomic E-state index is -0.382. The molecule has 3 rings (SSSR count). The Morgan fingerprint density at radius 1 is 0.964 bits per heavy atom. The van der Waals surface area contributed by atoms with E-state index < -0.39 is 0 Å². The van der Waals surface area contributed by atoms with Crippen LogP contribution in [0.5, 0.6) is 23.0 Å². The molecule has 0 radical (unpaired) electrons. The lowest BCUT2D eigenvalue weighted by Gasteiger charge is -2.08. The molecule has 148 valence electrons. The van der Waals surface area contributed by atoms with Crippen molar-refractivity contribution >= 4 is 27.5 Å². The maximum Gasteiger partial charge on any atom is 0.283 e. The Balaban J connectivity index is 2.15. The summed E-state index contributed by atoms with van der Waals surface area (Å²) in [6.45, 7) is 2.65. The molecular weight excluding hydrogens is 380 g/mol. The van der Waals surface area contributed by atoms with Gasteiger partial charge in [-0.2, -0.15) is 4.99 Å². The van der Waals surface area contributed by atoms with Gasteiger partial charge in [-0.05, 0) is 19.1 Å². The fourth-order valence-electron chi connectivity index (χ4n) is 2.91. The van der Waals surface area contributed by atoms with Crippen LogP contribution in [0, 0.1) is 0 Å². The molecule has 0 N–H and O–H groups in total. The molecule has 1 aromatic heterocycles. The monoisotopic (exact) mass is 402 g/mol. The molecule has 7 nitrogen and oxygen atoms in total. The van der Waals surface area contributed by atoms with Crippen molar-refractivity contribution in [3.05, 3.63) is 40.7 Å². The van der Waals surface area contributed by atoms with Gasteiger partial charge in [-0.1, -0.05) is 11.3 Å². The number of aromatic nitrogens is 1. The van der Waals surface area contributed by atoms with Crippen molar-refractivity contribution < 1.29 is 23.7 Å². The summed E-state index contributed by atoms with van der Waals surface area (Å²) in [7, 11) is 6.26. The van der Waals surface area contributed by atoms with Crippen LogP contribution >= 0.6 is 11.3 Å². The number of thiazole rings is 1. The number of fused-ring (bicyclic) bond motifs is 1. The highest BCUT2D eigenvalue weighted by Gasteiger charge is 2.15. The largest absolute Gasteiger partial charge is 0.497 e. The molecule has 0 aliphatic carbocycles. The van der Waals surface area contributed by atoms with Gasteiger partial charge in [-0.3, -0.25) is 4.79 Å². The first kappa shape index (κ1) is 19.8. The number of aryl methyl sites for hydroxylation is 1. The van der Waals surface area contributed by atoms with Crippen molar-refractivity contribution in [3.8, 4) is 23.0 Å². The maximum absolute atomic E-state index is 12.8. The first-order chi connectivity index (χ1) is 13.6. The maximum atomic E-state index is 12.8. The number of rotatable bonds is 6. The molecule has 28 heavy (non-hydrogen) atoms. The van der Waals surface area contributed by atoms with Crippen LogP contribution in [0.25, 0.3) is 10.2 Å². The van der Waals surface area contributed by atoms with Crippen molar-refractivity contribution in [1.82, 2.24) is 4.57 Å². The molecule has 0 fully saturated rings. The number of benzene rings is 2. The molecule has 0 saturated carbocycles. The van der Waals surface area contributed by atoms with Crippen molar-refractivity contribution in [2.24, 2.45) is 4.99 Å². The van der Waals surface area contributed by atoms with Crippen LogP contribution in [0.3, 0.4) is 0 Å². The molecule has 0 unspecified atom stereocenters. The summed E-state index contributed by atoms with van der Waals surface area (Å²) in [5.41, 5.74) is 1.30. The number of amides is 1. The van der Waals surface area contributed by atoms with E-state index in [1.54, 1.807) is 39.5 Å². The van der Waals surface area contributed by atoms with Crippen molar-refractivity contribution in [3.63, 3.8) is 0 Å². The van der Waals surface area contributed by atoms with E-state index in [1.165, 1.54) is 18.4 Å². The lowest BCUT2D eigenvalue weighted by atomic mass is 10.2. The Hall–Kier alpha value is -3.00. The fraction of sp³-hybridized carbons (Fsp3) is 0.300. The summed E-state index contributed by atoms with van der Waals surface area (Å²) < 4.78 is 24.2. The lowest BCUT2D eigenvalue weighted by Crippen LogP contribution is -2.16. The highest BCUT2D eigenvalue weighted by Crippen LogP contribution is 2.33. The summed E-state index contributed by atoms with van der Waals surface area (Å²) in [6.07, 6.45) is 0. The molecule has 2 aromatic carbocycles. The van der Waals surface area contributed by atoms with E-state index in [2.05, 4.69) is 4.99 Å². The van der Waals surface area contributed by atoms with E-state index in [0.717, 1.165) is 10.2 Å². The summed E-state index contributed by atoms with van der Waals surface area (Å²) in [5, 5.41) is 0. The van der Waals surface area contributed by atoms with Gasteiger partial charge in [-0.25, -0.2) is 0 Å². The van der Waals surface area contributed by atoms with E-state index >= 15 is 0 Å². The standard InChI is InChI=1S/C20H22N2O5S/c1-6-22-14-10-16(26-4)17(27-5)11-18(14)28-20(22)21-19(23)13-8-7-12(24-2)9-15(13)25-3/h7-11H,6H2,1-5H3. The summed E-state index contributed by atoms with van der Waals surface area (Å²) in [6, 6.07) is 8.81. The van der Waals surface area contributed by atoms with Crippen LogP contribution in [0.4, 0.5) is 0 Å². The predicted octanol–water partition coefficient (Wildman–Crippen LogP) is 3.50. The third-order valence-corrected chi connectivity index (χ3v) is 5.38. The normalized spacial score (nSPS) is 11.5. The van der Waals surface area contributed by atoms with Gasteiger partial charge in [0.2, 0.25) is 0 Å². The minimum Gasteiger partial charge on any atom is -0.497 e. The molecule has 0 saturated heterocycles. The van der Waals surface area contributed by atoms with Crippen LogP contribution in [-0.2, 0) is 6.54 Å². The Bertz CT molecular complexity index is 1080. The number of carbonyl (C=O) groups excluding carboxylic acids is 1. The molecular formula is C20H22N2O5S. The number of hydrogen-bond donors (Lipinski definition) is 0. The van der Waals surface area contributed by atoms with Crippen molar-refractivity contribution in [2.75, 3.05) is 28.4 Å². The van der Waals surface area contributed by atoms with Gasteiger partial charge in [0.25, 0.3) is 5.91 Å². The first-order valence-corrected chi connectivity index (χ1v) is 9.44. The third-order valence-electron chi connectivity index (χ3n) is 4.34. The second-order valence-corrected chi connectivity index (χ2v) is 6.80. The lowest BCUT2D eigenvalue weighted by molar-refractivity contribution is 0.0995. The topological polar surface area (TPSA) is 71.3 Å². The zero-order valence-corrected chi connectivity index (χ0v) is 17.3. The number of carbonyl (C=O) groups is 1. The zero-order chi connectivity index (χ0) is 20.3. The Morgan fingerprint density at radius 3 is 2.25 bits per heavy atom. The number of ether oxygens (including phenoxy) is 4. The van der Waals surface area contributed by atoms with Crippen LogP contribution in [0.2, 0.25) is 0 Å². The summed E-state index contributed by atoms with van der Waals surface area (Å²) >= 11 is 1.42.